The van der Waals surface area contributed by atoms with E-state index in [-0.39, 0.29) is 49.0 Å². The van der Waals surface area contributed by atoms with Crippen molar-refractivity contribution in [2.24, 2.45) is 17.8 Å². The Hall–Kier alpha value is -2.32. The molecule has 5 rings (SSSR count). The summed E-state index contributed by atoms with van der Waals surface area (Å²) in [6.45, 7) is 5.59. The third-order valence-electron chi connectivity index (χ3n) is 8.84. The van der Waals surface area contributed by atoms with Crippen molar-refractivity contribution in [1.82, 2.24) is 0 Å². The number of rotatable bonds is 8. The Morgan fingerprint density at radius 2 is 1.50 bits per heavy atom. The molecular formula is C32H40F4O4. The molecule has 0 amide bonds. The van der Waals surface area contributed by atoms with Crippen molar-refractivity contribution in [2.75, 3.05) is 19.8 Å². The minimum Gasteiger partial charge on any atom is -0.491 e. The zero-order chi connectivity index (χ0) is 28.3. The van der Waals surface area contributed by atoms with Crippen LogP contribution in [-0.4, -0.2) is 32.2 Å². The van der Waals surface area contributed by atoms with Crippen molar-refractivity contribution in [3.63, 3.8) is 0 Å². The SMILES string of the molecule is CCOc1ccc(OC(F)(F)C2CCC(c3ccc(C4CCC(C5OCC(C)CO5)CC4)cc3F)CC2)cc1F. The smallest absolute Gasteiger partial charge is 0.400 e. The number of hydrogen-bond acceptors (Lipinski definition) is 4. The van der Waals surface area contributed by atoms with Crippen molar-refractivity contribution in [2.45, 2.75) is 89.4 Å². The maximum atomic E-state index is 15.3. The quantitative estimate of drug-likeness (QED) is 0.301. The van der Waals surface area contributed by atoms with Gasteiger partial charge in [-0.3, -0.25) is 0 Å². The average Bonchev–Trinajstić information content (AvgIpc) is 2.95. The molecule has 4 nitrogen and oxygen atoms in total. The minimum atomic E-state index is -3.45. The molecule has 3 aliphatic rings. The molecule has 0 bridgehead atoms. The van der Waals surface area contributed by atoms with Crippen LogP contribution < -0.4 is 9.47 Å². The first-order chi connectivity index (χ1) is 19.2. The average molecular weight is 565 g/mol. The van der Waals surface area contributed by atoms with Crippen LogP contribution >= 0.6 is 0 Å². The number of ether oxygens (including phenoxy) is 4. The van der Waals surface area contributed by atoms with Gasteiger partial charge in [-0.15, -0.1) is 0 Å². The van der Waals surface area contributed by atoms with Crippen LogP contribution in [-0.2, 0) is 9.47 Å². The van der Waals surface area contributed by atoms with Crippen molar-refractivity contribution < 1.29 is 36.5 Å². The summed E-state index contributed by atoms with van der Waals surface area (Å²) < 4.78 is 81.1. The summed E-state index contributed by atoms with van der Waals surface area (Å²) in [5.41, 5.74) is 1.61. The highest BCUT2D eigenvalue weighted by Gasteiger charge is 2.44. The fourth-order valence-corrected chi connectivity index (χ4v) is 6.54. The van der Waals surface area contributed by atoms with Crippen LogP contribution in [0.2, 0.25) is 0 Å². The van der Waals surface area contributed by atoms with Gasteiger partial charge in [0, 0.05) is 17.9 Å². The number of alkyl halides is 2. The van der Waals surface area contributed by atoms with Crippen molar-refractivity contribution in [1.29, 1.82) is 0 Å². The van der Waals surface area contributed by atoms with Gasteiger partial charge in [-0.2, -0.15) is 8.78 Å². The van der Waals surface area contributed by atoms with E-state index in [9.17, 15) is 13.2 Å². The molecule has 1 aliphatic heterocycles. The van der Waals surface area contributed by atoms with Gasteiger partial charge in [0.1, 0.15) is 11.6 Å². The van der Waals surface area contributed by atoms with E-state index in [2.05, 4.69) is 6.92 Å². The van der Waals surface area contributed by atoms with Gasteiger partial charge in [-0.05, 0) is 99.5 Å². The Balaban J connectivity index is 1.13. The largest absolute Gasteiger partial charge is 0.491 e. The van der Waals surface area contributed by atoms with E-state index in [0.29, 0.717) is 36.2 Å². The van der Waals surface area contributed by atoms with Gasteiger partial charge in [-0.25, -0.2) is 8.78 Å². The fraction of sp³-hybridized carbons (Fsp3) is 0.625. The molecule has 0 radical (unpaired) electrons. The normalized spacial score (nSPS) is 29.6. The lowest BCUT2D eigenvalue weighted by Crippen LogP contribution is -2.37. The maximum Gasteiger partial charge on any atom is 0.400 e. The summed E-state index contributed by atoms with van der Waals surface area (Å²) in [4.78, 5) is 0. The van der Waals surface area contributed by atoms with Gasteiger partial charge >= 0.3 is 6.11 Å². The first kappa shape index (κ1) is 29.2. The van der Waals surface area contributed by atoms with Gasteiger partial charge < -0.3 is 18.9 Å². The molecule has 2 aromatic rings. The number of halogens is 4. The molecule has 1 heterocycles. The Morgan fingerprint density at radius 3 is 2.12 bits per heavy atom. The lowest BCUT2D eigenvalue weighted by Gasteiger charge is -2.37. The van der Waals surface area contributed by atoms with Crippen molar-refractivity contribution in [3.8, 4) is 11.5 Å². The van der Waals surface area contributed by atoms with Crippen LogP contribution in [0.4, 0.5) is 17.6 Å². The van der Waals surface area contributed by atoms with Crippen LogP contribution in [0.1, 0.15) is 88.2 Å². The first-order valence-electron chi connectivity index (χ1n) is 14.7. The Labute approximate surface area is 234 Å². The predicted octanol–water partition coefficient (Wildman–Crippen LogP) is 8.59. The van der Waals surface area contributed by atoms with Gasteiger partial charge in [0.15, 0.2) is 17.9 Å². The maximum absolute atomic E-state index is 15.3. The van der Waals surface area contributed by atoms with Crippen LogP contribution in [0.5, 0.6) is 11.5 Å². The zero-order valence-corrected chi connectivity index (χ0v) is 23.4. The lowest BCUT2D eigenvalue weighted by molar-refractivity contribution is -0.226. The van der Waals surface area contributed by atoms with E-state index in [0.717, 1.165) is 50.5 Å². The second kappa shape index (κ2) is 12.7. The molecule has 2 aromatic carbocycles. The van der Waals surface area contributed by atoms with Gasteiger partial charge in [0.2, 0.25) is 0 Å². The number of hydrogen-bond donors (Lipinski definition) is 0. The molecule has 0 N–H and O–H groups in total. The summed E-state index contributed by atoms with van der Waals surface area (Å²) in [6, 6.07) is 9.02. The highest BCUT2D eigenvalue weighted by Crippen LogP contribution is 2.45. The third-order valence-corrected chi connectivity index (χ3v) is 8.84. The Kier molecular flexibility index (Phi) is 9.25. The monoisotopic (exact) mass is 564 g/mol. The van der Waals surface area contributed by atoms with Gasteiger partial charge in [0.05, 0.1) is 25.7 Å². The summed E-state index contributed by atoms with van der Waals surface area (Å²) >= 11 is 0. The van der Waals surface area contributed by atoms with E-state index in [1.54, 1.807) is 13.0 Å². The molecule has 1 saturated heterocycles. The van der Waals surface area contributed by atoms with Crippen LogP contribution in [0.15, 0.2) is 36.4 Å². The zero-order valence-electron chi connectivity index (χ0n) is 23.4. The van der Waals surface area contributed by atoms with E-state index >= 15 is 4.39 Å². The molecule has 0 aromatic heterocycles. The molecule has 0 atom stereocenters. The molecule has 0 spiro atoms. The first-order valence-corrected chi connectivity index (χ1v) is 14.7. The third kappa shape index (κ3) is 6.76. The van der Waals surface area contributed by atoms with E-state index in [1.807, 2.05) is 12.1 Å². The standard InChI is InChI=1S/C32H40F4O4/c1-3-37-30-15-13-26(17-29(30)34)40-32(35,36)25-11-8-22(9-12-25)27-14-10-24(16-28(27)33)21-4-6-23(7-5-21)31-38-18-20(2)19-39-31/h10,13-17,20-23,25,31H,3-9,11-12,18-19H2,1-2H3. The fourth-order valence-electron chi connectivity index (χ4n) is 6.54. The molecular weight excluding hydrogens is 524 g/mol. The minimum absolute atomic E-state index is 0.00209. The molecule has 220 valence electrons. The number of benzene rings is 2. The highest BCUT2D eigenvalue weighted by atomic mass is 19.3. The topological polar surface area (TPSA) is 36.9 Å². The molecule has 0 unspecified atom stereocenters. The van der Waals surface area contributed by atoms with E-state index < -0.39 is 17.8 Å². The highest BCUT2D eigenvalue weighted by molar-refractivity contribution is 5.33. The molecule has 8 heteroatoms. The molecule has 2 aliphatic carbocycles. The molecule has 3 fully saturated rings. The Bertz CT molecular complexity index is 1120. The lowest BCUT2D eigenvalue weighted by atomic mass is 9.76. The van der Waals surface area contributed by atoms with Gasteiger partial charge in [-0.1, -0.05) is 19.1 Å². The molecule has 40 heavy (non-hydrogen) atoms. The summed E-state index contributed by atoms with van der Waals surface area (Å²) in [7, 11) is 0. The van der Waals surface area contributed by atoms with E-state index in [1.165, 1.54) is 12.1 Å². The summed E-state index contributed by atoms with van der Waals surface area (Å²) in [6.07, 6.45) is 1.67. The predicted molar refractivity (Wildman–Crippen MR) is 144 cm³/mol. The summed E-state index contributed by atoms with van der Waals surface area (Å²) in [5.74, 6) is -1.23. The van der Waals surface area contributed by atoms with E-state index in [4.69, 9.17) is 18.9 Å². The van der Waals surface area contributed by atoms with Crippen molar-refractivity contribution in [3.05, 3.63) is 59.2 Å². The van der Waals surface area contributed by atoms with Gasteiger partial charge in [0.25, 0.3) is 0 Å². The second-order valence-electron chi connectivity index (χ2n) is 11.8. The second-order valence-corrected chi connectivity index (χ2v) is 11.8. The van der Waals surface area contributed by atoms with Crippen LogP contribution in [0.25, 0.3) is 0 Å². The molecule has 2 saturated carbocycles. The van der Waals surface area contributed by atoms with Crippen LogP contribution in [0.3, 0.4) is 0 Å². The van der Waals surface area contributed by atoms with Crippen molar-refractivity contribution >= 4 is 0 Å². The Morgan fingerprint density at radius 1 is 0.825 bits per heavy atom. The summed E-state index contributed by atoms with van der Waals surface area (Å²) in [5, 5.41) is 0. The van der Waals surface area contributed by atoms with Crippen LogP contribution in [0, 0.1) is 29.4 Å².